The largest absolute Gasteiger partial charge is 0.394 e. The van der Waals surface area contributed by atoms with Gasteiger partial charge in [0.15, 0.2) is 5.01 Å². The van der Waals surface area contributed by atoms with Crippen LogP contribution in [0.25, 0.3) is 5.57 Å². The number of aliphatic hydroxyl groups is 1. The molecular formula is C20H22N4O2S. The van der Waals surface area contributed by atoms with E-state index < -0.39 is 12.1 Å². The molecule has 1 atom stereocenters. The Hall–Kier alpha value is -2.66. The summed E-state index contributed by atoms with van der Waals surface area (Å²) in [5.41, 5.74) is 3.30. The van der Waals surface area contributed by atoms with Gasteiger partial charge in [-0.05, 0) is 36.1 Å². The quantitative estimate of drug-likeness (QED) is 0.695. The van der Waals surface area contributed by atoms with E-state index in [0.29, 0.717) is 10.8 Å². The molecule has 7 heteroatoms. The summed E-state index contributed by atoms with van der Waals surface area (Å²) in [7, 11) is 2.11. The van der Waals surface area contributed by atoms with Crippen molar-refractivity contribution in [2.45, 2.75) is 12.5 Å². The van der Waals surface area contributed by atoms with E-state index in [0.717, 1.165) is 30.6 Å². The SMILES string of the molecule is C#Cc1nc(NC(=O)NC(CO)c2ccc(C3=CCCN(C)C3)cc2)cs1. The van der Waals surface area contributed by atoms with E-state index in [-0.39, 0.29) is 6.61 Å². The second-order valence-electron chi connectivity index (χ2n) is 6.39. The molecular weight excluding hydrogens is 360 g/mol. The average molecular weight is 382 g/mol. The van der Waals surface area contributed by atoms with Crippen LogP contribution in [-0.2, 0) is 0 Å². The minimum atomic E-state index is -0.507. The van der Waals surface area contributed by atoms with Gasteiger partial charge in [-0.1, -0.05) is 30.3 Å². The van der Waals surface area contributed by atoms with Crippen molar-refractivity contribution in [3.05, 3.63) is 51.9 Å². The van der Waals surface area contributed by atoms with Crippen LogP contribution in [0.1, 0.15) is 28.6 Å². The Morgan fingerprint density at radius 3 is 2.85 bits per heavy atom. The van der Waals surface area contributed by atoms with Gasteiger partial charge in [0.1, 0.15) is 5.82 Å². The summed E-state index contributed by atoms with van der Waals surface area (Å²) in [5.74, 6) is 2.82. The van der Waals surface area contributed by atoms with Crippen molar-refractivity contribution in [2.75, 3.05) is 32.1 Å². The molecule has 2 heterocycles. The van der Waals surface area contributed by atoms with Crippen molar-refractivity contribution in [2.24, 2.45) is 0 Å². The second kappa shape index (κ2) is 8.82. The number of nitrogens with zero attached hydrogens (tertiary/aromatic N) is 2. The number of aliphatic hydroxyl groups excluding tert-OH is 1. The first kappa shape index (κ1) is 19.1. The Bertz CT molecular complexity index is 867. The number of likely N-dealkylation sites (N-methyl/N-ethyl adjacent to an activating group) is 1. The van der Waals surface area contributed by atoms with Crippen molar-refractivity contribution in [3.63, 3.8) is 0 Å². The number of carbonyl (C=O) groups excluding carboxylic acids is 1. The molecule has 140 valence electrons. The van der Waals surface area contributed by atoms with Crippen LogP contribution in [0, 0.1) is 12.3 Å². The van der Waals surface area contributed by atoms with Crippen LogP contribution in [0.5, 0.6) is 0 Å². The molecule has 1 unspecified atom stereocenters. The van der Waals surface area contributed by atoms with Gasteiger partial charge in [-0.3, -0.25) is 5.32 Å². The predicted octanol–water partition coefficient (Wildman–Crippen LogP) is 2.70. The van der Waals surface area contributed by atoms with Crippen molar-refractivity contribution in [1.82, 2.24) is 15.2 Å². The molecule has 27 heavy (non-hydrogen) atoms. The maximum atomic E-state index is 12.2. The van der Waals surface area contributed by atoms with Crippen LogP contribution < -0.4 is 10.6 Å². The summed E-state index contributed by atoms with van der Waals surface area (Å²) in [6.07, 6.45) is 8.59. The van der Waals surface area contributed by atoms with E-state index in [4.69, 9.17) is 6.42 Å². The molecule has 3 rings (SSSR count). The number of nitrogens with one attached hydrogen (secondary N) is 2. The molecule has 0 saturated carbocycles. The van der Waals surface area contributed by atoms with Gasteiger partial charge in [-0.2, -0.15) is 0 Å². The van der Waals surface area contributed by atoms with Crippen LogP contribution >= 0.6 is 11.3 Å². The molecule has 2 aromatic rings. The molecule has 0 fully saturated rings. The number of rotatable bonds is 5. The summed E-state index contributed by atoms with van der Waals surface area (Å²) in [6, 6.07) is 6.98. The lowest BCUT2D eigenvalue weighted by Gasteiger charge is -2.23. The van der Waals surface area contributed by atoms with Gasteiger partial charge >= 0.3 is 6.03 Å². The first-order valence-electron chi connectivity index (χ1n) is 8.67. The highest BCUT2D eigenvalue weighted by molar-refractivity contribution is 7.10. The van der Waals surface area contributed by atoms with Crippen molar-refractivity contribution >= 4 is 28.8 Å². The second-order valence-corrected chi connectivity index (χ2v) is 7.25. The van der Waals surface area contributed by atoms with Gasteiger partial charge in [0, 0.05) is 18.5 Å². The van der Waals surface area contributed by atoms with Gasteiger partial charge in [0.25, 0.3) is 0 Å². The summed E-state index contributed by atoms with van der Waals surface area (Å²) in [4.78, 5) is 18.5. The maximum absolute atomic E-state index is 12.2. The molecule has 1 aromatic carbocycles. The monoisotopic (exact) mass is 382 g/mol. The molecule has 0 radical (unpaired) electrons. The Kier molecular flexibility index (Phi) is 6.24. The third-order valence-electron chi connectivity index (χ3n) is 4.38. The molecule has 1 aliphatic rings. The van der Waals surface area contributed by atoms with Crippen LogP contribution in [0.3, 0.4) is 0 Å². The number of amides is 2. The fraction of sp³-hybridized carbons (Fsp3) is 0.300. The molecule has 1 aromatic heterocycles. The first-order chi connectivity index (χ1) is 13.1. The van der Waals surface area contributed by atoms with E-state index >= 15 is 0 Å². The molecule has 0 bridgehead atoms. The summed E-state index contributed by atoms with van der Waals surface area (Å²) in [5, 5.41) is 17.2. The number of hydrogen-bond acceptors (Lipinski definition) is 5. The lowest BCUT2D eigenvalue weighted by molar-refractivity contribution is 0.225. The molecule has 6 nitrogen and oxygen atoms in total. The normalized spacial score (nSPS) is 15.5. The summed E-state index contributed by atoms with van der Waals surface area (Å²) in [6.45, 7) is 1.80. The maximum Gasteiger partial charge on any atom is 0.320 e. The van der Waals surface area contributed by atoms with Crippen molar-refractivity contribution in [1.29, 1.82) is 0 Å². The zero-order valence-corrected chi connectivity index (χ0v) is 15.9. The lowest BCUT2D eigenvalue weighted by atomic mass is 9.98. The van der Waals surface area contributed by atoms with Crippen molar-refractivity contribution < 1.29 is 9.90 Å². The number of urea groups is 1. The predicted molar refractivity (Wildman–Crippen MR) is 109 cm³/mol. The van der Waals surface area contributed by atoms with Gasteiger partial charge < -0.3 is 15.3 Å². The molecule has 2 amide bonds. The van der Waals surface area contributed by atoms with Gasteiger partial charge in [0.05, 0.1) is 12.6 Å². The number of thiazole rings is 1. The zero-order chi connectivity index (χ0) is 19.2. The molecule has 0 aliphatic carbocycles. The molecule has 0 spiro atoms. The first-order valence-corrected chi connectivity index (χ1v) is 9.55. The minimum Gasteiger partial charge on any atom is -0.394 e. The Labute approximate surface area is 162 Å². The van der Waals surface area contributed by atoms with Gasteiger partial charge in [-0.15, -0.1) is 17.8 Å². The number of carbonyl (C=O) groups is 1. The van der Waals surface area contributed by atoms with E-state index in [1.165, 1.54) is 16.9 Å². The minimum absolute atomic E-state index is 0.204. The standard InChI is InChI=1S/C20H22N4O2S/c1-3-19-22-18(13-27-19)23-20(26)21-17(12-25)15-8-6-14(7-9-15)16-5-4-10-24(2)11-16/h1,5-9,13,17,25H,4,10-12H2,2H3,(H2,21,23,26). The molecule has 3 N–H and O–H groups in total. The highest BCUT2D eigenvalue weighted by Crippen LogP contribution is 2.22. The highest BCUT2D eigenvalue weighted by Gasteiger charge is 2.16. The third-order valence-corrected chi connectivity index (χ3v) is 5.16. The summed E-state index contributed by atoms with van der Waals surface area (Å²) >= 11 is 1.28. The van der Waals surface area contributed by atoms with E-state index in [2.05, 4.69) is 39.6 Å². The smallest absolute Gasteiger partial charge is 0.320 e. The average Bonchev–Trinajstić information content (AvgIpc) is 3.14. The topological polar surface area (TPSA) is 77.5 Å². The van der Waals surface area contributed by atoms with Crippen LogP contribution in [0.2, 0.25) is 0 Å². The number of terminal acetylenes is 1. The van der Waals surface area contributed by atoms with Gasteiger partial charge in [-0.25, -0.2) is 9.78 Å². The Morgan fingerprint density at radius 2 is 2.22 bits per heavy atom. The Balaban J connectivity index is 1.63. The van der Waals surface area contributed by atoms with E-state index in [1.807, 2.05) is 24.3 Å². The Morgan fingerprint density at radius 1 is 1.44 bits per heavy atom. The molecule has 1 aliphatic heterocycles. The molecule has 0 saturated heterocycles. The summed E-state index contributed by atoms with van der Waals surface area (Å²) < 4.78 is 0. The van der Waals surface area contributed by atoms with Crippen LogP contribution in [0.4, 0.5) is 10.6 Å². The van der Waals surface area contributed by atoms with Gasteiger partial charge in [0.2, 0.25) is 0 Å². The number of aromatic nitrogens is 1. The van der Waals surface area contributed by atoms with Crippen LogP contribution in [0.15, 0.2) is 35.7 Å². The number of hydrogen-bond donors (Lipinski definition) is 3. The lowest BCUT2D eigenvalue weighted by Crippen LogP contribution is -2.34. The number of anilines is 1. The van der Waals surface area contributed by atoms with E-state index in [9.17, 15) is 9.90 Å². The third kappa shape index (κ3) is 4.95. The highest BCUT2D eigenvalue weighted by atomic mass is 32.1. The zero-order valence-electron chi connectivity index (χ0n) is 15.1. The van der Waals surface area contributed by atoms with E-state index in [1.54, 1.807) is 5.38 Å². The van der Waals surface area contributed by atoms with Crippen LogP contribution in [-0.4, -0.2) is 47.8 Å². The fourth-order valence-electron chi connectivity index (χ4n) is 2.97. The number of benzene rings is 1. The fourth-order valence-corrected chi connectivity index (χ4v) is 3.53. The van der Waals surface area contributed by atoms with Crippen molar-refractivity contribution in [3.8, 4) is 12.3 Å².